The van der Waals surface area contributed by atoms with Crippen LogP contribution in [-0.4, -0.2) is 12.6 Å². The molecule has 0 bridgehead atoms. The lowest BCUT2D eigenvalue weighted by molar-refractivity contribution is -0.282. The lowest BCUT2D eigenvalue weighted by atomic mass is 9.75. The Hall–Kier alpha value is -0.570. The molecule has 0 saturated carbocycles. The number of carbonyl (C=O) groups excluding carboxylic acids is 1. The highest BCUT2D eigenvalue weighted by Crippen LogP contribution is 2.37. The minimum Gasteiger partial charge on any atom is -0.298 e. The Balaban J connectivity index is 4.61. The van der Waals surface area contributed by atoms with E-state index in [0.717, 1.165) is 64.2 Å². The van der Waals surface area contributed by atoms with Crippen molar-refractivity contribution in [2.75, 3.05) is 6.61 Å². The van der Waals surface area contributed by atoms with Crippen LogP contribution in [0, 0.1) is 5.41 Å². The van der Waals surface area contributed by atoms with E-state index >= 15 is 0 Å². The zero-order valence-corrected chi connectivity index (χ0v) is 14.0. The van der Waals surface area contributed by atoms with Crippen LogP contribution < -0.4 is 0 Å². The fraction of sp³-hybridized carbons (Fsp3) is 0.941. The maximum Gasteiger partial charge on any atom is 0.348 e. The third-order valence-electron chi connectivity index (χ3n) is 3.90. The van der Waals surface area contributed by atoms with Crippen molar-refractivity contribution in [3.63, 3.8) is 0 Å². The van der Waals surface area contributed by atoms with Gasteiger partial charge in [-0.05, 0) is 25.7 Å². The molecule has 0 aliphatic carbocycles. The minimum atomic E-state index is -0.326. The van der Waals surface area contributed by atoms with Crippen molar-refractivity contribution < 1.29 is 14.6 Å². The van der Waals surface area contributed by atoms with E-state index in [9.17, 15) is 4.79 Å². The van der Waals surface area contributed by atoms with Crippen LogP contribution in [0.25, 0.3) is 0 Å². The summed E-state index contributed by atoms with van der Waals surface area (Å²) in [6.45, 7) is 9.07. The first-order chi connectivity index (χ1) is 9.66. The van der Waals surface area contributed by atoms with Gasteiger partial charge in [0.1, 0.15) is 0 Å². The summed E-state index contributed by atoms with van der Waals surface area (Å²) in [5, 5.41) is 0. The van der Waals surface area contributed by atoms with Crippen molar-refractivity contribution in [3.05, 3.63) is 0 Å². The Bertz CT molecular complexity index is 230. The summed E-state index contributed by atoms with van der Waals surface area (Å²) >= 11 is 0. The van der Waals surface area contributed by atoms with Crippen molar-refractivity contribution in [1.82, 2.24) is 0 Å². The molecule has 0 radical (unpaired) electrons. The Morgan fingerprint density at radius 1 is 0.800 bits per heavy atom. The molecule has 3 nitrogen and oxygen atoms in total. The van der Waals surface area contributed by atoms with Gasteiger partial charge in [-0.3, -0.25) is 4.89 Å². The third kappa shape index (κ3) is 7.28. The molecule has 0 spiro atoms. The van der Waals surface area contributed by atoms with Crippen molar-refractivity contribution in [2.24, 2.45) is 5.41 Å². The molecule has 0 aromatic rings. The molecule has 0 aliphatic rings. The monoisotopic (exact) mass is 286 g/mol. The standard InChI is InChI=1S/C17H34O3/c1-5-9-13-17(12-8-4,14-10-6-2)16(18)20-19-15-11-7-3/h5-15H2,1-4H3. The summed E-state index contributed by atoms with van der Waals surface area (Å²) in [7, 11) is 0. The van der Waals surface area contributed by atoms with Crippen LogP contribution in [0.5, 0.6) is 0 Å². The second-order valence-electron chi connectivity index (χ2n) is 5.78. The van der Waals surface area contributed by atoms with Crippen molar-refractivity contribution in [3.8, 4) is 0 Å². The second kappa shape index (κ2) is 12.2. The zero-order valence-electron chi connectivity index (χ0n) is 14.0. The van der Waals surface area contributed by atoms with Crippen LogP contribution >= 0.6 is 0 Å². The van der Waals surface area contributed by atoms with Crippen LogP contribution in [0.2, 0.25) is 0 Å². The van der Waals surface area contributed by atoms with Gasteiger partial charge in [0.2, 0.25) is 0 Å². The predicted octanol–water partition coefficient (Wildman–Crippen LogP) is 5.43. The van der Waals surface area contributed by atoms with E-state index in [1.165, 1.54) is 0 Å². The number of carbonyl (C=O) groups is 1. The number of rotatable bonds is 13. The molecule has 120 valence electrons. The van der Waals surface area contributed by atoms with Gasteiger partial charge in [0.05, 0.1) is 12.0 Å². The van der Waals surface area contributed by atoms with Crippen LogP contribution in [0.15, 0.2) is 0 Å². The summed E-state index contributed by atoms with van der Waals surface area (Å²) in [4.78, 5) is 22.7. The largest absolute Gasteiger partial charge is 0.348 e. The maximum absolute atomic E-state index is 12.5. The molecule has 0 rings (SSSR count). The SMILES string of the molecule is CCCCOOC(=O)C(CCC)(CCCC)CCCC. The maximum atomic E-state index is 12.5. The van der Waals surface area contributed by atoms with Crippen molar-refractivity contribution >= 4 is 5.97 Å². The van der Waals surface area contributed by atoms with Crippen LogP contribution in [0.4, 0.5) is 0 Å². The summed E-state index contributed by atoms with van der Waals surface area (Å²) in [5.41, 5.74) is -0.326. The Morgan fingerprint density at radius 3 is 1.80 bits per heavy atom. The minimum absolute atomic E-state index is 0.141. The molecule has 0 saturated heterocycles. The van der Waals surface area contributed by atoms with Crippen LogP contribution in [0.3, 0.4) is 0 Å². The van der Waals surface area contributed by atoms with E-state index in [4.69, 9.17) is 9.78 Å². The number of hydrogen-bond acceptors (Lipinski definition) is 3. The molecular formula is C17H34O3. The summed E-state index contributed by atoms with van der Waals surface area (Å²) in [6, 6.07) is 0. The van der Waals surface area contributed by atoms with Gasteiger partial charge in [0.15, 0.2) is 0 Å². The van der Waals surface area contributed by atoms with E-state index in [1.807, 2.05) is 0 Å². The Morgan fingerprint density at radius 2 is 1.35 bits per heavy atom. The van der Waals surface area contributed by atoms with Gasteiger partial charge in [-0.15, -0.1) is 0 Å². The normalized spacial score (nSPS) is 11.6. The predicted molar refractivity (Wildman–Crippen MR) is 83.3 cm³/mol. The molecule has 20 heavy (non-hydrogen) atoms. The van der Waals surface area contributed by atoms with Gasteiger partial charge in [-0.25, -0.2) is 4.79 Å². The van der Waals surface area contributed by atoms with Gasteiger partial charge in [-0.1, -0.05) is 66.2 Å². The molecule has 0 aromatic heterocycles. The van der Waals surface area contributed by atoms with Crippen molar-refractivity contribution in [1.29, 1.82) is 0 Å². The van der Waals surface area contributed by atoms with E-state index in [2.05, 4.69) is 27.7 Å². The number of hydrogen-bond donors (Lipinski definition) is 0. The Labute approximate surface area is 125 Å². The van der Waals surface area contributed by atoms with Gasteiger partial charge >= 0.3 is 5.97 Å². The quantitative estimate of drug-likeness (QED) is 0.257. The molecule has 0 unspecified atom stereocenters. The first kappa shape index (κ1) is 19.4. The lowest BCUT2D eigenvalue weighted by Crippen LogP contribution is -2.33. The van der Waals surface area contributed by atoms with Crippen LogP contribution in [0.1, 0.15) is 91.9 Å². The first-order valence-electron chi connectivity index (χ1n) is 8.50. The van der Waals surface area contributed by atoms with Gasteiger partial charge in [0.25, 0.3) is 0 Å². The topological polar surface area (TPSA) is 35.5 Å². The zero-order chi connectivity index (χ0) is 15.3. The van der Waals surface area contributed by atoms with Crippen molar-refractivity contribution in [2.45, 2.75) is 91.9 Å². The molecular weight excluding hydrogens is 252 g/mol. The summed E-state index contributed by atoms with van der Waals surface area (Å²) < 4.78 is 0. The highest BCUT2D eigenvalue weighted by molar-refractivity contribution is 5.76. The molecule has 0 aliphatic heterocycles. The highest BCUT2D eigenvalue weighted by Gasteiger charge is 2.38. The average Bonchev–Trinajstić information content (AvgIpc) is 2.46. The van der Waals surface area contributed by atoms with E-state index in [1.54, 1.807) is 0 Å². The lowest BCUT2D eigenvalue weighted by Gasteiger charge is -2.30. The smallest absolute Gasteiger partial charge is 0.298 e. The Kier molecular flexibility index (Phi) is 11.8. The molecule has 0 fully saturated rings. The molecule has 0 N–H and O–H groups in total. The first-order valence-corrected chi connectivity index (χ1v) is 8.50. The molecule has 0 aromatic carbocycles. The summed E-state index contributed by atoms with van der Waals surface area (Å²) in [5.74, 6) is -0.141. The second-order valence-corrected chi connectivity index (χ2v) is 5.78. The van der Waals surface area contributed by atoms with Crippen LogP contribution in [-0.2, 0) is 14.6 Å². The highest BCUT2D eigenvalue weighted by atomic mass is 17.2. The van der Waals surface area contributed by atoms with E-state index < -0.39 is 0 Å². The third-order valence-corrected chi connectivity index (χ3v) is 3.90. The number of unbranched alkanes of at least 4 members (excludes halogenated alkanes) is 3. The molecule has 0 heterocycles. The summed E-state index contributed by atoms with van der Waals surface area (Å²) in [6.07, 6.45) is 10.1. The van der Waals surface area contributed by atoms with Gasteiger partial charge in [-0.2, -0.15) is 4.89 Å². The molecule has 0 amide bonds. The fourth-order valence-corrected chi connectivity index (χ4v) is 2.58. The van der Waals surface area contributed by atoms with E-state index in [-0.39, 0.29) is 11.4 Å². The molecule has 0 atom stereocenters. The average molecular weight is 286 g/mol. The van der Waals surface area contributed by atoms with Gasteiger partial charge < -0.3 is 0 Å². The van der Waals surface area contributed by atoms with Gasteiger partial charge in [0, 0.05) is 0 Å². The van der Waals surface area contributed by atoms with E-state index in [0.29, 0.717) is 6.61 Å². The molecule has 3 heteroatoms. The fourth-order valence-electron chi connectivity index (χ4n) is 2.58.